The number of benzene rings is 4. The molecule has 1 heterocycles. The van der Waals surface area contributed by atoms with Gasteiger partial charge in [0.2, 0.25) is 0 Å². The van der Waals surface area contributed by atoms with Crippen LogP contribution in [0.5, 0.6) is 0 Å². The Morgan fingerprint density at radius 1 is 0.581 bits per heavy atom. The Balaban J connectivity index is 1.58. The highest BCUT2D eigenvalue weighted by Crippen LogP contribution is 2.46. The highest BCUT2D eigenvalue weighted by atomic mass is 16.5. The first-order chi connectivity index (χ1) is 15.4. The molecule has 0 aliphatic carbocycles. The van der Waals surface area contributed by atoms with Gasteiger partial charge in [-0.3, -0.25) is 0 Å². The zero-order chi connectivity index (χ0) is 20.9. The predicted molar refractivity (Wildman–Crippen MR) is 127 cm³/mol. The first kappa shape index (κ1) is 19.2. The quantitative estimate of drug-likeness (QED) is 0.341. The molecule has 0 aromatic heterocycles. The van der Waals surface area contributed by atoms with Crippen LogP contribution in [0.25, 0.3) is 0 Å². The van der Waals surface area contributed by atoms with Crippen molar-refractivity contribution in [2.75, 3.05) is 4.90 Å². The monoisotopic (exact) mass is 403 g/mol. The summed E-state index contributed by atoms with van der Waals surface area (Å²) in [4.78, 5) is 2.46. The lowest BCUT2D eigenvalue weighted by Crippen LogP contribution is -2.28. The Hall–Kier alpha value is -3.78. The topological polar surface area (TPSA) is 12.5 Å². The number of hydrogen-bond acceptors (Lipinski definition) is 2. The van der Waals surface area contributed by atoms with Gasteiger partial charge in [-0.25, -0.2) is 0 Å². The van der Waals surface area contributed by atoms with Gasteiger partial charge in [0.25, 0.3) is 0 Å². The number of para-hydroxylation sites is 1. The van der Waals surface area contributed by atoms with Crippen molar-refractivity contribution in [2.45, 2.75) is 18.7 Å². The average molecular weight is 404 g/mol. The summed E-state index contributed by atoms with van der Waals surface area (Å²) >= 11 is 0. The average Bonchev–Trinajstić information content (AvgIpc) is 3.24. The maximum atomic E-state index is 6.48. The van der Waals surface area contributed by atoms with Gasteiger partial charge >= 0.3 is 0 Å². The van der Waals surface area contributed by atoms with Gasteiger partial charge < -0.3 is 9.64 Å². The van der Waals surface area contributed by atoms with E-state index in [1.165, 1.54) is 22.4 Å². The molecule has 1 aliphatic rings. The predicted octanol–water partition coefficient (Wildman–Crippen LogP) is 7.09. The van der Waals surface area contributed by atoms with E-state index in [0.29, 0.717) is 6.61 Å². The summed E-state index contributed by atoms with van der Waals surface area (Å²) in [6.45, 7) is 0.556. The maximum Gasteiger partial charge on any atom is 0.122 e. The Bertz CT molecular complexity index is 1120. The van der Waals surface area contributed by atoms with Crippen molar-refractivity contribution in [1.82, 2.24) is 0 Å². The van der Waals surface area contributed by atoms with Crippen molar-refractivity contribution < 1.29 is 4.74 Å². The van der Waals surface area contributed by atoms with E-state index >= 15 is 0 Å². The van der Waals surface area contributed by atoms with Crippen molar-refractivity contribution in [3.05, 3.63) is 150 Å². The van der Waals surface area contributed by atoms with Crippen LogP contribution in [0, 0.1) is 0 Å². The number of anilines is 1. The normalized spacial score (nSPS) is 17.9. The molecular weight excluding hydrogens is 378 g/mol. The van der Waals surface area contributed by atoms with E-state index in [-0.39, 0.29) is 12.1 Å². The SMILES string of the molecule is C1=C(OCc2ccccc2)[C@@H](c2ccccc2)N(c2ccccc2)[C@@H]1c1ccccc1. The summed E-state index contributed by atoms with van der Waals surface area (Å²) in [5, 5.41) is 0. The van der Waals surface area contributed by atoms with Crippen LogP contribution in [-0.2, 0) is 11.3 Å². The standard InChI is InChI=1S/C29H25NO/c1-5-13-23(14-6-1)22-31-28-21-27(24-15-7-2-8-16-24)30(26-19-11-4-12-20-26)29(28)25-17-9-3-10-18-25/h1-21,27,29H,22H2/t27-,29+/m0/s1. The fourth-order valence-electron chi connectivity index (χ4n) is 4.27. The van der Waals surface area contributed by atoms with Gasteiger partial charge in [-0.15, -0.1) is 0 Å². The molecule has 0 amide bonds. The Morgan fingerprint density at radius 3 is 1.71 bits per heavy atom. The van der Waals surface area contributed by atoms with Gasteiger partial charge in [0.15, 0.2) is 0 Å². The molecule has 152 valence electrons. The molecule has 0 fully saturated rings. The molecule has 4 aromatic carbocycles. The van der Waals surface area contributed by atoms with Crippen LogP contribution >= 0.6 is 0 Å². The third kappa shape index (κ3) is 4.10. The van der Waals surface area contributed by atoms with Crippen LogP contribution in [0.2, 0.25) is 0 Å². The maximum absolute atomic E-state index is 6.48. The second kappa shape index (κ2) is 8.93. The summed E-state index contributed by atoms with van der Waals surface area (Å²) in [7, 11) is 0. The third-order valence-electron chi connectivity index (χ3n) is 5.73. The number of nitrogens with zero attached hydrogens (tertiary/aromatic N) is 1. The molecule has 5 rings (SSSR count). The fraction of sp³-hybridized carbons (Fsp3) is 0.103. The largest absolute Gasteiger partial charge is 0.491 e. The lowest BCUT2D eigenvalue weighted by Gasteiger charge is -2.34. The Kier molecular flexibility index (Phi) is 5.53. The molecule has 1 aliphatic heterocycles. The number of rotatable bonds is 6. The minimum atomic E-state index is 0.0116. The van der Waals surface area contributed by atoms with Crippen LogP contribution in [0.3, 0.4) is 0 Å². The molecule has 31 heavy (non-hydrogen) atoms. The zero-order valence-corrected chi connectivity index (χ0v) is 17.3. The lowest BCUT2D eigenvalue weighted by atomic mass is 10.0. The Labute approximate surface area is 184 Å². The lowest BCUT2D eigenvalue weighted by molar-refractivity contribution is 0.184. The molecular formula is C29H25NO. The zero-order valence-electron chi connectivity index (χ0n) is 17.3. The molecule has 0 spiro atoms. The molecule has 0 radical (unpaired) electrons. The first-order valence-corrected chi connectivity index (χ1v) is 10.7. The van der Waals surface area contributed by atoms with E-state index in [1.807, 2.05) is 6.07 Å². The van der Waals surface area contributed by atoms with Crippen molar-refractivity contribution in [2.24, 2.45) is 0 Å². The highest BCUT2D eigenvalue weighted by molar-refractivity contribution is 5.58. The van der Waals surface area contributed by atoms with Gasteiger partial charge in [0.05, 0.1) is 6.04 Å². The van der Waals surface area contributed by atoms with Gasteiger partial charge in [0.1, 0.15) is 18.4 Å². The van der Waals surface area contributed by atoms with Crippen LogP contribution in [0.4, 0.5) is 5.69 Å². The van der Waals surface area contributed by atoms with E-state index in [1.54, 1.807) is 0 Å². The highest BCUT2D eigenvalue weighted by Gasteiger charge is 2.38. The summed E-state index contributed by atoms with van der Waals surface area (Å²) in [5.41, 5.74) is 4.83. The smallest absolute Gasteiger partial charge is 0.122 e. The summed E-state index contributed by atoms with van der Waals surface area (Å²) in [5.74, 6) is 0.993. The van der Waals surface area contributed by atoms with Crippen LogP contribution in [0.15, 0.2) is 133 Å². The second-order valence-electron chi connectivity index (χ2n) is 7.75. The Morgan fingerprint density at radius 2 is 1.10 bits per heavy atom. The molecule has 2 atom stereocenters. The van der Waals surface area contributed by atoms with Gasteiger partial charge in [0, 0.05) is 5.69 Å². The summed E-state index contributed by atoms with van der Waals surface area (Å²) in [6, 6.07) is 42.4. The van der Waals surface area contributed by atoms with Gasteiger partial charge in [-0.05, 0) is 34.9 Å². The van der Waals surface area contributed by atoms with E-state index in [0.717, 1.165) is 5.76 Å². The molecule has 0 bridgehead atoms. The molecule has 2 heteroatoms. The fourth-order valence-corrected chi connectivity index (χ4v) is 4.27. The molecule has 0 saturated carbocycles. The van der Waals surface area contributed by atoms with Crippen LogP contribution in [-0.4, -0.2) is 0 Å². The van der Waals surface area contributed by atoms with Crippen molar-refractivity contribution in [1.29, 1.82) is 0 Å². The van der Waals surface area contributed by atoms with Crippen LogP contribution in [0.1, 0.15) is 28.8 Å². The molecule has 4 aromatic rings. The van der Waals surface area contributed by atoms with Crippen molar-refractivity contribution >= 4 is 5.69 Å². The number of hydrogen-bond donors (Lipinski definition) is 0. The van der Waals surface area contributed by atoms with E-state index in [2.05, 4.69) is 126 Å². The molecule has 2 nitrogen and oxygen atoms in total. The molecule has 0 unspecified atom stereocenters. The summed E-state index contributed by atoms with van der Waals surface area (Å²) in [6.07, 6.45) is 2.28. The third-order valence-corrected chi connectivity index (χ3v) is 5.73. The minimum absolute atomic E-state index is 0.0116. The summed E-state index contributed by atoms with van der Waals surface area (Å²) < 4.78 is 6.48. The van der Waals surface area contributed by atoms with Crippen molar-refractivity contribution in [3.63, 3.8) is 0 Å². The molecule has 0 N–H and O–H groups in total. The minimum Gasteiger partial charge on any atom is -0.491 e. The van der Waals surface area contributed by atoms with Gasteiger partial charge in [-0.1, -0.05) is 109 Å². The number of ether oxygens (including phenoxy) is 1. The second-order valence-corrected chi connectivity index (χ2v) is 7.75. The first-order valence-electron chi connectivity index (χ1n) is 10.7. The molecule has 0 saturated heterocycles. The van der Waals surface area contributed by atoms with E-state index in [9.17, 15) is 0 Å². The van der Waals surface area contributed by atoms with Crippen molar-refractivity contribution in [3.8, 4) is 0 Å². The van der Waals surface area contributed by atoms with E-state index in [4.69, 9.17) is 4.74 Å². The van der Waals surface area contributed by atoms with E-state index < -0.39 is 0 Å². The van der Waals surface area contributed by atoms with Gasteiger partial charge in [-0.2, -0.15) is 0 Å². The van der Waals surface area contributed by atoms with Crippen LogP contribution < -0.4 is 4.90 Å².